The predicted octanol–water partition coefficient (Wildman–Crippen LogP) is 2.38. The maximum Gasteiger partial charge on any atom is 0.0897 e. The molecule has 1 aliphatic heterocycles. The predicted molar refractivity (Wildman–Crippen MR) is 83.6 cm³/mol. The Balaban J connectivity index is 1.57. The van der Waals surface area contributed by atoms with Crippen LogP contribution in [0, 0.1) is 0 Å². The van der Waals surface area contributed by atoms with Crippen molar-refractivity contribution >= 4 is 11.6 Å². The van der Waals surface area contributed by atoms with Gasteiger partial charge in [0.1, 0.15) is 0 Å². The van der Waals surface area contributed by atoms with E-state index in [0.717, 1.165) is 31.6 Å². The second-order valence-electron chi connectivity index (χ2n) is 5.83. The summed E-state index contributed by atoms with van der Waals surface area (Å²) in [5.41, 5.74) is 0.968. The van der Waals surface area contributed by atoms with Crippen molar-refractivity contribution in [2.24, 2.45) is 0 Å². The first-order chi connectivity index (χ1) is 10.1. The fraction of sp³-hybridized carbons (Fsp3) is 0.625. The second-order valence-corrected chi connectivity index (χ2v) is 6.26. The number of halogens is 1. The minimum atomic E-state index is -0.512. The first-order valence-corrected chi connectivity index (χ1v) is 7.80. The van der Waals surface area contributed by atoms with E-state index in [1.807, 2.05) is 24.3 Å². The van der Waals surface area contributed by atoms with Gasteiger partial charge in [-0.15, -0.1) is 0 Å². The summed E-state index contributed by atoms with van der Waals surface area (Å²) in [6.45, 7) is 5.02. The van der Waals surface area contributed by atoms with Crippen molar-refractivity contribution in [1.29, 1.82) is 0 Å². The van der Waals surface area contributed by atoms with Gasteiger partial charge in [0.05, 0.1) is 24.9 Å². The lowest BCUT2D eigenvalue weighted by molar-refractivity contribution is 0.00813. The molecule has 0 radical (unpaired) electrons. The molecule has 5 heteroatoms. The Labute approximate surface area is 131 Å². The van der Waals surface area contributed by atoms with Gasteiger partial charge in [-0.05, 0) is 37.5 Å². The highest BCUT2D eigenvalue weighted by molar-refractivity contribution is 6.30. The van der Waals surface area contributed by atoms with Gasteiger partial charge in [0, 0.05) is 24.7 Å². The molecule has 2 N–H and O–H groups in total. The lowest BCUT2D eigenvalue weighted by atomic mass is 10.0. The van der Waals surface area contributed by atoms with E-state index < -0.39 is 6.10 Å². The molecule has 2 unspecified atom stereocenters. The average molecular weight is 314 g/mol. The van der Waals surface area contributed by atoms with Crippen LogP contribution >= 0.6 is 11.6 Å². The molecular formula is C16H24ClNO3. The first-order valence-electron chi connectivity index (χ1n) is 7.42. The maximum absolute atomic E-state index is 9.88. The zero-order chi connectivity index (χ0) is 15.1. The molecule has 21 heavy (non-hydrogen) atoms. The number of ether oxygens (including phenoxy) is 2. The summed E-state index contributed by atoms with van der Waals surface area (Å²) in [5, 5.41) is 13.8. The van der Waals surface area contributed by atoms with Gasteiger partial charge in [-0.1, -0.05) is 23.7 Å². The quantitative estimate of drug-likeness (QED) is 0.773. The molecule has 0 bridgehead atoms. The van der Waals surface area contributed by atoms with Crippen molar-refractivity contribution in [1.82, 2.24) is 5.32 Å². The number of rotatable bonds is 8. The zero-order valence-corrected chi connectivity index (χ0v) is 13.2. The summed E-state index contributed by atoms with van der Waals surface area (Å²) in [5.74, 6) is 0. The number of aliphatic hydroxyl groups excluding tert-OH is 1. The van der Waals surface area contributed by atoms with Crippen LogP contribution in [0.2, 0.25) is 5.02 Å². The minimum Gasteiger partial charge on any atom is -0.389 e. The van der Waals surface area contributed by atoms with Crippen molar-refractivity contribution in [2.75, 3.05) is 26.3 Å². The van der Waals surface area contributed by atoms with Gasteiger partial charge in [-0.25, -0.2) is 0 Å². The van der Waals surface area contributed by atoms with E-state index in [0.29, 0.717) is 24.8 Å². The standard InChI is InChI=1S/C16H24ClNO3/c1-16(7-2-8-21-16)12-18-9-15(19)11-20-10-13-3-5-14(17)6-4-13/h3-6,15,18-19H,2,7-12H2,1H3. The molecule has 118 valence electrons. The van der Waals surface area contributed by atoms with E-state index >= 15 is 0 Å². The molecule has 0 aromatic heterocycles. The highest BCUT2D eigenvalue weighted by Gasteiger charge is 2.29. The molecule has 0 aliphatic carbocycles. The lowest BCUT2D eigenvalue weighted by Gasteiger charge is -2.24. The van der Waals surface area contributed by atoms with Crippen LogP contribution in [0.25, 0.3) is 0 Å². The van der Waals surface area contributed by atoms with Gasteiger partial charge in [0.25, 0.3) is 0 Å². The van der Waals surface area contributed by atoms with Crippen LogP contribution in [0.15, 0.2) is 24.3 Å². The Morgan fingerprint density at radius 1 is 1.43 bits per heavy atom. The highest BCUT2D eigenvalue weighted by Crippen LogP contribution is 2.23. The van der Waals surface area contributed by atoms with Crippen molar-refractivity contribution in [2.45, 2.75) is 38.1 Å². The third-order valence-corrected chi connectivity index (χ3v) is 3.92. The molecule has 4 nitrogen and oxygen atoms in total. The van der Waals surface area contributed by atoms with Crippen molar-refractivity contribution in [3.05, 3.63) is 34.9 Å². The van der Waals surface area contributed by atoms with Crippen LogP contribution in [0.4, 0.5) is 0 Å². The Bertz CT molecular complexity index is 418. The highest BCUT2D eigenvalue weighted by atomic mass is 35.5. The fourth-order valence-electron chi connectivity index (χ4n) is 2.43. The molecular weight excluding hydrogens is 290 g/mol. The maximum atomic E-state index is 9.88. The van der Waals surface area contributed by atoms with Crippen LogP contribution in [0.3, 0.4) is 0 Å². The van der Waals surface area contributed by atoms with Crippen LogP contribution in [-0.4, -0.2) is 43.1 Å². The van der Waals surface area contributed by atoms with Gasteiger partial charge >= 0.3 is 0 Å². The molecule has 0 spiro atoms. The Morgan fingerprint density at radius 3 is 2.86 bits per heavy atom. The second kappa shape index (κ2) is 8.11. The fourth-order valence-corrected chi connectivity index (χ4v) is 2.56. The number of hydrogen-bond donors (Lipinski definition) is 2. The molecule has 1 fully saturated rings. The number of hydrogen-bond acceptors (Lipinski definition) is 4. The average Bonchev–Trinajstić information content (AvgIpc) is 2.88. The van der Waals surface area contributed by atoms with Gasteiger partial charge in [0.15, 0.2) is 0 Å². The first kappa shape index (κ1) is 16.7. The Kier molecular flexibility index (Phi) is 6.45. The molecule has 1 aromatic carbocycles. The Hall–Kier alpha value is -0.650. The van der Waals surface area contributed by atoms with Crippen LogP contribution in [0.1, 0.15) is 25.3 Å². The third-order valence-electron chi connectivity index (χ3n) is 3.67. The third kappa shape index (κ3) is 5.93. The van der Waals surface area contributed by atoms with E-state index in [4.69, 9.17) is 21.1 Å². The molecule has 0 saturated carbocycles. The van der Waals surface area contributed by atoms with E-state index in [1.165, 1.54) is 0 Å². The smallest absolute Gasteiger partial charge is 0.0897 e. The summed E-state index contributed by atoms with van der Waals surface area (Å²) in [7, 11) is 0. The summed E-state index contributed by atoms with van der Waals surface area (Å²) >= 11 is 5.82. The molecule has 0 amide bonds. The zero-order valence-electron chi connectivity index (χ0n) is 12.5. The summed E-state index contributed by atoms with van der Waals surface area (Å²) in [6.07, 6.45) is 1.68. The summed E-state index contributed by atoms with van der Waals surface area (Å²) < 4.78 is 11.2. The van der Waals surface area contributed by atoms with E-state index in [9.17, 15) is 5.11 Å². The number of aliphatic hydroxyl groups is 1. The van der Waals surface area contributed by atoms with Gasteiger partial charge in [0.2, 0.25) is 0 Å². The van der Waals surface area contributed by atoms with Gasteiger partial charge in [-0.3, -0.25) is 0 Å². The molecule has 2 rings (SSSR count). The monoisotopic (exact) mass is 313 g/mol. The van der Waals surface area contributed by atoms with Gasteiger partial charge < -0.3 is 19.9 Å². The lowest BCUT2D eigenvalue weighted by Crippen LogP contribution is -2.41. The van der Waals surface area contributed by atoms with E-state index in [2.05, 4.69) is 12.2 Å². The van der Waals surface area contributed by atoms with Gasteiger partial charge in [-0.2, -0.15) is 0 Å². The Morgan fingerprint density at radius 2 is 2.19 bits per heavy atom. The molecule has 2 atom stereocenters. The molecule has 1 aliphatic rings. The summed E-state index contributed by atoms with van der Waals surface area (Å²) in [6, 6.07) is 7.51. The molecule has 1 saturated heterocycles. The number of benzene rings is 1. The van der Waals surface area contributed by atoms with Crippen molar-refractivity contribution in [3.63, 3.8) is 0 Å². The van der Waals surface area contributed by atoms with Crippen LogP contribution < -0.4 is 5.32 Å². The summed E-state index contributed by atoms with van der Waals surface area (Å²) in [4.78, 5) is 0. The van der Waals surface area contributed by atoms with Crippen molar-refractivity contribution < 1.29 is 14.6 Å². The van der Waals surface area contributed by atoms with Crippen LogP contribution in [0.5, 0.6) is 0 Å². The minimum absolute atomic E-state index is 0.0795. The largest absolute Gasteiger partial charge is 0.389 e. The van der Waals surface area contributed by atoms with Crippen molar-refractivity contribution in [3.8, 4) is 0 Å². The van der Waals surface area contributed by atoms with E-state index in [-0.39, 0.29) is 5.60 Å². The molecule has 1 aromatic rings. The SMILES string of the molecule is CC1(CNCC(O)COCc2ccc(Cl)cc2)CCCO1. The topological polar surface area (TPSA) is 50.7 Å². The normalized spacial score (nSPS) is 23.4. The van der Waals surface area contributed by atoms with Crippen LogP contribution in [-0.2, 0) is 16.1 Å². The molecule has 1 heterocycles. The number of nitrogens with one attached hydrogen (secondary N) is 1. The van der Waals surface area contributed by atoms with E-state index in [1.54, 1.807) is 0 Å².